The van der Waals surface area contributed by atoms with Gasteiger partial charge in [0.1, 0.15) is 5.82 Å². The van der Waals surface area contributed by atoms with Crippen LogP contribution in [0.3, 0.4) is 0 Å². The lowest BCUT2D eigenvalue weighted by molar-refractivity contribution is 0.318. The van der Waals surface area contributed by atoms with Gasteiger partial charge in [-0.1, -0.05) is 23.7 Å². The van der Waals surface area contributed by atoms with Gasteiger partial charge in [-0.3, -0.25) is 5.10 Å². The zero-order valence-corrected chi connectivity index (χ0v) is 15.9. The minimum Gasteiger partial charge on any atom is -0.503 e. The predicted molar refractivity (Wildman–Crippen MR) is 104 cm³/mol. The molecule has 6 nitrogen and oxygen atoms in total. The number of nitrogens with zero attached hydrogens (tertiary/aromatic N) is 3. The van der Waals surface area contributed by atoms with Gasteiger partial charge in [0, 0.05) is 6.42 Å². The van der Waals surface area contributed by atoms with E-state index in [1.165, 1.54) is 23.0 Å². The summed E-state index contributed by atoms with van der Waals surface area (Å²) in [5.74, 6) is 0.420. The van der Waals surface area contributed by atoms with Gasteiger partial charge in [0.2, 0.25) is 4.77 Å². The van der Waals surface area contributed by atoms with Crippen molar-refractivity contribution in [3.05, 3.63) is 69.0 Å². The van der Waals surface area contributed by atoms with Crippen molar-refractivity contribution in [1.82, 2.24) is 14.9 Å². The molecule has 2 aromatic carbocycles. The molecule has 0 spiro atoms. The van der Waals surface area contributed by atoms with E-state index in [2.05, 4.69) is 15.3 Å². The van der Waals surface area contributed by atoms with E-state index >= 15 is 0 Å². The highest BCUT2D eigenvalue weighted by molar-refractivity contribution is 7.71. The fourth-order valence-corrected chi connectivity index (χ4v) is 2.82. The molecule has 0 aliphatic heterocycles. The Labute approximate surface area is 164 Å². The molecule has 2 N–H and O–H groups in total. The highest BCUT2D eigenvalue weighted by Gasteiger charge is 2.10. The van der Waals surface area contributed by atoms with Crippen LogP contribution in [0.1, 0.15) is 23.9 Å². The smallest absolute Gasteiger partial charge is 0.216 e. The molecular formula is C18H16ClFN4O2S. The third-order valence-corrected chi connectivity index (χ3v) is 4.22. The maximum atomic E-state index is 13.1. The fraction of sp³-hybridized carbons (Fsp3) is 0.167. The maximum absolute atomic E-state index is 13.1. The molecule has 0 aliphatic rings. The first-order chi connectivity index (χ1) is 13.0. The Morgan fingerprint density at radius 1 is 1.37 bits per heavy atom. The number of rotatable bonds is 6. The average molecular weight is 407 g/mol. The molecule has 0 radical (unpaired) electrons. The topological polar surface area (TPSA) is 75.4 Å². The van der Waals surface area contributed by atoms with Crippen molar-refractivity contribution in [3.8, 4) is 11.5 Å². The van der Waals surface area contributed by atoms with Crippen molar-refractivity contribution in [3.63, 3.8) is 0 Å². The summed E-state index contributed by atoms with van der Waals surface area (Å²) in [6, 6.07) is 9.31. The van der Waals surface area contributed by atoms with Gasteiger partial charge in [0.25, 0.3) is 0 Å². The summed E-state index contributed by atoms with van der Waals surface area (Å²) >= 11 is 11.2. The molecule has 0 aliphatic carbocycles. The quantitative estimate of drug-likeness (QED) is 0.472. The molecule has 3 aromatic rings. The second kappa shape index (κ2) is 8.32. The second-order valence-electron chi connectivity index (χ2n) is 5.59. The largest absolute Gasteiger partial charge is 0.503 e. The summed E-state index contributed by atoms with van der Waals surface area (Å²) in [6.07, 6.45) is 1.96. The third kappa shape index (κ3) is 4.53. The lowest BCUT2D eigenvalue weighted by Gasteiger charge is -2.08. The van der Waals surface area contributed by atoms with Crippen LogP contribution in [-0.2, 0) is 6.42 Å². The molecule has 0 fully saturated rings. The highest BCUT2D eigenvalue weighted by Crippen LogP contribution is 2.34. The van der Waals surface area contributed by atoms with Gasteiger partial charge in [-0.25, -0.2) is 4.39 Å². The number of hydrogen-bond donors (Lipinski definition) is 2. The molecule has 27 heavy (non-hydrogen) atoms. The summed E-state index contributed by atoms with van der Waals surface area (Å²) in [6.45, 7) is 2.19. The van der Waals surface area contributed by atoms with Crippen molar-refractivity contribution in [2.24, 2.45) is 5.10 Å². The molecule has 0 bridgehead atoms. The van der Waals surface area contributed by atoms with E-state index in [-0.39, 0.29) is 22.3 Å². The average Bonchev–Trinajstić information content (AvgIpc) is 2.99. The second-order valence-corrected chi connectivity index (χ2v) is 6.38. The van der Waals surface area contributed by atoms with Gasteiger partial charge in [0.05, 0.1) is 17.8 Å². The van der Waals surface area contributed by atoms with Crippen molar-refractivity contribution in [2.45, 2.75) is 13.3 Å². The number of halogens is 2. The van der Waals surface area contributed by atoms with Crippen LogP contribution in [-0.4, -0.2) is 32.8 Å². The van der Waals surface area contributed by atoms with Crippen LogP contribution in [0.2, 0.25) is 5.02 Å². The van der Waals surface area contributed by atoms with Crippen molar-refractivity contribution >= 4 is 30.0 Å². The van der Waals surface area contributed by atoms with Crippen molar-refractivity contribution in [2.75, 3.05) is 6.61 Å². The van der Waals surface area contributed by atoms with E-state index in [0.29, 0.717) is 29.2 Å². The fourth-order valence-electron chi connectivity index (χ4n) is 2.40. The van der Waals surface area contributed by atoms with Crippen LogP contribution in [0, 0.1) is 10.6 Å². The number of ether oxygens (including phenoxy) is 1. The number of phenolic OH excluding ortho intramolecular Hbond substituents is 1. The first kappa shape index (κ1) is 19.1. The summed E-state index contributed by atoms with van der Waals surface area (Å²) in [7, 11) is 0. The SMILES string of the molecule is CCOc1cc(/C=N\n2c(Cc3ccc(F)cc3)n[nH]c2=S)cc(Cl)c1O. The first-order valence-corrected chi connectivity index (χ1v) is 8.87. The van der Waals surface area contributed by atoms with Crippen LogP contribution in [0.4, 0.5) is 4.39 Å². The van der Waals surface area contributed by atoms with Gasteiger partial charge in [-0.2, -0.15) is 14.9 Å². The Kier molecular flexibility index (Phi) is 5.88. The van der Waals surface area contributed by atoms with E-state index in [1.54, 1.807) is 31.2 Å². The molecule has 0 atom stereocenters. The summed E-state index contributed by atoms with van der Waals surface area (Å²) < 4.78 is 20.2. The predicted octanol–water partition coefficient (Wildman–Crippen LogP) is 4.31. The Morgan fingerprint density at radius 3 is 2.81 bits per heavy atom. The molecule has 0 saturated heterocycles. The number of aromatic hydroxyl groups is 1. The number of phenols is 1. The number of nitrogens with one attached hydrogen (secondary N) is 1. The Balaban J connectivity index is 1.89. The summed E-state index contributed by atoms with van der Waals surface area (Å²) in [5.41, 5.74) is 1.49. The number of H-pyrrole nitrogens is 1. The zero-order chi connectivity index (χ0) is 19.4. The summed E-state index contributed by atoms with van der Waals surface area (Å²) in [4.78, 5) is 0. The van der Waals surface area contributed by atoms with E-state index in [9.17, 15) is 9.50 Å². The molecular weight excluding hydrogens is 391 g/mol. The van der Waals surface area contributed by atoms with Crippen LogP contribution in [0.5, 0.6) is 11.5 Å². The normalized spacial score (nSPS) is 11.2. The molecule has 0 unspecified atom stereocenters. The Hall–Kier alpha value is -2.71. The molecule has 1 heterocycles. The highest BCUT2D eigenvalue weighted by atomic mass is 35.5. The monoisotopic (exact) mass is 406 g/mol. The molecule has 0 amide bonds. The van der Waals surface area contributed by atoms with Crippen molar-refractivity contribution < 1.29 is 14.2 Å². The van der Waals surface area contributed by atoms with Crippen LogP contribution in [0.15, 0.2) is 41.5 Å². The van der Waals surface area contributed by atoms with Crippen LogP contribution < -0.4 is 4.74 Å². The van der Waals surface area contributed by atoms with E-state index in [4.69, 9.17) is 28.6 Å². The van der Waals surface area contributed by atoms with Gasteiger partial charge < -0.3 is 9.84 Å². The number of aromatic nitrogens is 3. The van der Waals surface area contributed by atoms with Crippen molar-refractivity contribution in [1.29, 1.82) is 0 Å². The van der Waals surface area contributed by atoms with E-state index in [0.717, 1.165) is 5.56 Å². The number of benzene rings is 2. The van der Waals surface area contributed by atoms with Gasteiger partial charge >= 0.3 is 0 Å². The minimum absolute atomic E-state index is 0.118. The standard InChI is InChI=1S/C18H16ClFN4O2S/c1-2-26-15-8-12(7-14(19)17(15)25)10-21-24-16(22-23-18(24)27)9-11-3-5-13(20)6-4-11/h3-8,10,25H,2,9H2,1H3,(H,23,27)/b21-10-. The lowest BCUT2D eigenvalue weighted by atomic mass is 10.1. The number of hydrogen-bond acceptors (Lipinski definition) is 5. The summed E-state index contributed by atoms with van der Waals surface area (Å²) in [5, 5.41) is 21.3. The zero-order valence-electron chi connectivity index (χ0n) is 14.3. The van der Waals surface area contributed by atoms with E-state index < -0.39 is 0 Å². The maximum Gasteiger partial charge on any atom is 0.216 e. The Bertz CT molecular complexity index is 1030. The molecule has 140 valence electrons. The minimum atomic E-state index is -0.301. The third-order valence-electron chi connectivity index (χ3n) is 3.67. The van der Waals surface area contributed by atoms with Crippen LogP contribution in [0.25, 0.3) is 0 Å². The number of aromatic amines is 1. The molecule has 9 heteroatoms. The van der Waals surface area contributed by atoms with Gasteiger partial charge in [-0.05, 0) is 54.5 Å². The van der Waals surface area contributed by atoms with E-state index in [1.807, 2.05) is 0 Å². The molecule has 3 rings (SSSR count). The van der Waals surface area contributed by atoms with Crippen LogP contribution >= 0.6 is 23.8 Å². The Morgan fingerprint density at radius 2 is 2.11 bits per heavy atom. The van der Waals surface area contributed by atoms with Gasteiger partial charge in [0.15, 0.2) is 17.3 Å². The lowest BCUT2D eigenvalue weighted by Crippen LogP contribution is -2.01. The molecule has 0 saturated carbocycles. The molecule has 1 aromatic heterocycles. The first-order valence-electron chi connectivity index (χ1n) is 8.08. The van der Waals surface area contributed by atoms with Gasteiger partial charge in [-0.15, -0.1) is 0 Å².